The zero-order chi connectivity index (χ0) is 88.6. The minimum atomic E-state index is -4.86. The number of primary amides is 1. The van der Waals surface area contributed by atoms with Crippen LogP contribution in [0.2, 0.25) is 5.02 Å². The lowest BCUT2D eigenvalue weighted by Crippen LogP contribution is -2.53. The first kappa shape index (κ1) is 97.8. The van der Waals surface area contributed by atoms with E-state index in [1.807, 2.05) is 0 Å². The van der Waals surface area contributed by atoms with Gasteiger partial charge in [0.15, 0.2) is 0 Å². The van der Waals surface area contributed by atoms with Crippen molar-refractivity contribution >= 4 is 124 Å². The van der Waals surface area contributed by atoms with Crippen LogP contribution in [0.4, 0.5) is 17.1 Å². The van der Waals surface area contributed by atoms with Crippen molar-refractivity contribution in [2.45, 2.75) is 72.0 Å². The van der Waals surface area contributed by atoms with Crippen LogP contribution in [0.3, 0.4) is 0 Å². The molecule has 0 unspecified atom stereocenters. The highest BCUT2D eigenvalue weighted by Gasteiger charge is 2.34. The summed E-state index contributed by atoms with van der Waals surface area (Å²) in [6.45, 7) is -9.49. The largest absolute Gasteiger partial charge is 0.395 e. The fourth-order valence-electron chi connectivity index (χ4n) is 12.2. The summed E-state index contributed by atoms with van der Waals surface area (Å²) in [5.74, 6) is -10.8. The predicted octanol–water partition coefficient (Wildman–Crippen LogP) is 2.32. The number of non-ortho nitro benzene ring substituents is 3. The number of aromatic nitrogens is 1. The fraction of sp³-hybridized carbons (Fsp3) is 0.440. The molecule has 1 heterocycles. The number of sulfonamides is 1. The highest BCUT2D eigenvalue weighted by atomic mass is 35.5. The van der Waals surface area contributed by atoms with Crippen molar-refractivity contribution in [2.75, 3.05) is 136 Å². The monoisotopic (exact) mass is 1750 g/mol. The number of nitrogens with one attached hydrogen (secondary N) is 2. The number of nitrogens with two attached hydrogens (primary N) is 2. The first-order valence-electron chi connectivity index (χ1n) is 37.7. The van der Waals surface area contributed by atoms with E-state index < -0.39 is 234 Å². The molecule has 652 valence electrons. The van der Waals surface area contributed by atoms with Gasteiger partial charge in [0, 0.05) is 130 Å². The maximum absolute atomic E-state index is 15.5. The standard InChI is InChI=1S/C75H99ClN16O25P2S/c1-54(2)25-30-84(49-72(100)87(34-38-120(78,116)117)52-74(102)88(45-66(77)94)43-57-13-20-62(21-14-57)91(106)107)69(97)47-82(29-8-37-119(113,114)115)73(101)53-89(44-58-15-22-63(23-16-58)92(108)109)75(103)51-85(32-27-59-41-80-65-39-60(76)17-24-64(59)65)70(98)46-81(28-6-7-36-118(110,111)112)68(96)50-86(33-35-93)71(99)48-83(31-26-55-9-4-3-5-10-55)67(95)42-79-40-56-11-18-61(19-12-56)90(104)105/h3-5,9-24,39,41,54,79-80,93H,6-8,25-38,40,42-53H2,1-2H3,(H2,77,94)(H2,78,116,117)(H2,110,111,112)(H2,113,114,115). The molecule has 0 aliphatic rings. The van der Waals surface area contributed by atoms with Gasteiger partial charge in [-0.25, -0.2) is 13.6 Å². The molecule has 0 saturated heterocycles. The molecular formula is C75H99ClN16O25P2S. The van der Waals surface area contributed by atoms with E-state index in [1.165, 1.54) is 53.4 Å². The number of fused-ring (bicyclic) bond motifs is 1. The number of aliphatic hydroxyl groups is 1. The number of benzene rings is 5. The van der Waals surface area contributed by atoms with Crippen LogP contribution in [-0.2, 0) is 99.6 Å². The van der Waals surface area contributed by atoms with E-state index in [0.29, 0.717) is 27.1 Å². The summed E-state index contributed by atoms with van der Waals surface area (Å²) in [6, 6.07) is 28.9. The van der Waals surface area contributed by atoms with Crippen LogP contribution in [0, 0.1) is 36.3 Å². The number of nitrogens with zero attached hydrogens (tertiary/aromatic N) is 12. The van der Waals surface area contributed by atoms with E-state index in [-0.39, 0.29) is 93.2 Å². The first-order chi connectivity index (χ1) is 56.5. The van der Waals surface area contributed by atoms with Gasteiger partial charge in [-0.3, -0.25) is 87.4 Å². The lowest BCUT2D eigenvalue weighted by Gasteiger charge is -2.33. The highest BCUT2D eigenvalue weighted by molar-refractivity contribution is 7.89. The molecule has 0 aliphatic carbocycles. The van der Waals surface area contributed by atoms with Gasteiger partial charge in [0.1, 0.15) is 6.54 Å². The Labute approximate surface area is 695 Å². The molecule has 41 nitrogen and oxygen atoms in total. The van der Waals surface area contributed by atoms with Gasteiger partial charge >= 0.3 is 15.2 Å². The molecule has 0 aliphatic heterocycles. The topological polar surface area (TPSA) is 579 Å². The molecule has 6 aromatic rings. The lowest BCUT2D eigenvalue weighted by atomic mass is 10.1. The van der Waals surface area contributed by atoms with Gasteiger partial charge in [0.25, 0.3) is 17.1 Å². The van der Waals surface area contributed by atoms with Crippen molar-refractivity contribution in [3.63, 3.8) is 0 Å². The summed E-state index contributed by atoms with van der Waals surface area (Å²) in [7, 11) is -13.9. The highest BCUT2D eigenvalue weighted by Crippen LogP contribution is 2.36. The molecule has 11 N–H and O–H groups in total. The Balaban J connectivity index is 1.35. The molecule has 0 atom stereocenters. The second-order valence-corrected chi connectivity index (χ2v) is 34.4. The van der Waals surface area contributed by atoms with Crippen molar-refractivity contribution in [3.8, 4) is 0 Å². The van der Waals surface area contributed by atoms with Gasteiger partial charge in [-0.1, -0.05) is 98.2 Å². The summed E-state index contributed by atoms with van der Waals surface area (Å²) in [4.78, 5) is 229. The van der Waals surface area contributed by atoms with Gasteiger partial charge < -0.3 is 84.8 Å². The van der Waals surface area contributed by atoms with Crippen LogP contribution in [0.5, 0.6) is 0 Å². The van der Waals surface area contributed by atoms with Crippen LogP contribution in [0.25, 0.3) is 10.9 Å². The van der Waals surface area contributed by atoms with Crippen LogP contribution in [-0.4, -0.2) is 292 Å². The normalized spacial score (nSPS) is 11.5. The Morgan fingerprint density at radius 1 is 0.483 bits per heavy atom. The summed E-state index contributed by atoms with van der Waals surface area (Å²) >= 11 is 6.33. The smallest absolute Gasteiger partial charge is 0.325 e. The van der Waals surface area contributed by atoms with Crippen molar-refractivity contribution in [1.82, 2.24) is 54.4 Å². The van der Waals surface area contributed by atoms with Gasteiger partial charge in [0.05, 0.1) is 92.2 Å². The molecule has 0 radical (unpaired) electrons. The Morgan fingerprint density at radius 3 is 1.32 bits per heavy atom. The molecule has 0 saturated carbocycles. The second kappa shape index (κ2) is 47.1. The van der Waals surface area contributed by atoms with Crippen molar-refractivity contribution < 1.29 is 105 Å². The van der Waals surface area contributed by atoms with Crippen LogP contribution >= 0.6 is 26.8 Å². The summed E-state index contributed by atoms with van der Waals surface area (Å²) < 4.78 is 49.3. The maximum atomic E-state index is 15.5. The van der Waals surface area contributed by atoms with E-state index in [1.54, 1.807) is 68.6 Å². The zero-order valence-electron chi connectivity index (χ0n) is 66.0. The number of carbonyl (C=O) groups excluding carboxylic acids is 10. The number of nitro groups is 3. The number of primary sulfonamides is 1. The van der Waals surface area contributed by atoms with E-state index in [9.17, 15) is 106 Å². The average molecular weight is 1750 g/mol. The van der Waals surface area contributed by atoms with Crippen molar-refractivity contribution in [2.24, 2.45) is 16.8 Å². The first-order valence-corrected chi connectivity index (χ1v) is 43.4. The van der Waals surface area contributed by atoms with E-state index >= 15 is 14.4 Å². The Bertz CT molecular complexity index is 4790. The predicted molar refractivity (Wildman–Crippen MR) is 436 cm³/mol. The van der Waals surface area contributed by atoms with E-state index in [0.717, 1.165) is 69.0 Å². The molecule has 0 fully saturated rings. The Hall–Kier alpha value is -11.0. The Kier molecular flexibility index (Phi) is 38.4. The van der Waals surface area contributed by atoms with Crippen molar-refractivity contribution in [3.05, 3.63) is 191 Å². The summed E-state index contributed by atoms with van der Waals surface area (Å²) in [5.41, 5.74) is 7.54. The average Bonchev–Trinajstić information content (AvgIpc) is 1.66. The molecule has 1 aromatic heterocycles. The van der Waals surface area contributed by atoms with Gasteiger partial charge in [-0.15, -0.1) is 0 Å². The number of amides is 10. The van der Waals surface area contributed by atoms with Crippen LogP contribution < -0.4 is 16.2 Å². The number of unbranched alkanes of at least 4 members (excludes halogenated alkanes) is 1. The molecular weight excluding hydrogens is 1650 g/mol. The van der Waals surface area contributed by atoms with Gasteiger partial charge in [-0.05, 0) is 84.4 Å². The number of nitro benzene ring substituents is 3. The van der Waals surface area contributed by atoms with Crippen LogP contribution in [0.1, 0.15) is 67.3 Å². The third-order valence-electron chi connectivity index (χ3n) is 18.8. The molecule has 6 rings (SSSR count). The minimum Gasteiger partial charge on any atom is -0.395 e. The number of aliphatic hydroxyl groups excluding tert-OH is 1. The Morgan fingerprint density at radius 2 is 0.875 bits per heavy atom. The molecule has 0 spiro atoms. The summed E-state index contributed by atoms with van der Waals surface area (Å²) in [6.07, 6.45) is -0.442. The number of halogens is 1. The molecule has 120 heavy (non-hydrogen) atoms. The number of H-pyrrole nitrogens is 1. The van der Waals surface area contributed by atoms with E-state index in [2.05, 4.69) is 10.3 Å². The fourth-order valence-corrected chi connectivity index (χ4v) is 14.1. The SMILES string of the molecule is CC(C)CCN(CC(=O)N(CCS(N)(=O)=O)CC(=O)N(CC(N)=O)Cc1ccc([N+](=O)[O-])cc1)C(=O)CN(CCCP(=O)(O)O)C(=O)CN(Cc1ccc([N+](=O)[O-])cc1)C(=O)CN(CCc1c[nH]c2cc(Cl)ccc12)C(=O)CN(CCCCP(=O)(O)O)C(=O)CN(CCO)C(=O)CN(CCc1ccccc1)C(=O)CNCc1ccc([N+](=O)[O-])cc1. The lowest BCUT2D eigenvalue weighted by molar-refractivity contribution is -0.385. The van der Waals surface area contributed by atoms with E-state index in [4.69, 9.17) is 22.5 Å². The number of carbonyl (C=O) groups is 10. The molecule has 45 heteroatoms. The summed E-state index contributed by atoms with van der Waals surface area (Å²) in [5, 5.41) is 54.2. The number of aromatic amines is 1. The van der Waals surface area contributed by atoms with Gasteiger partial charge in [-0.2, -0.15) is 0 Å². The number of hydrogen-bond donors (Lipinski definition) is 9. The molecule has 5 aromatic carbocycles. The minimum absolute atomic E-state index is 0.0299. The number of rotatable bonds is 52. The zero-order valence-corrected chi connectivity index (χ0v) is 69.4. The third kappa shape index (κ3) is 34.7. The maximum Gasteiger partial charge on any atom is 0.325 e. The quantitative estimate of drug-likeness (QED) is 0.0114. The van der Waals surface area contributed by atoms with Gasteiger partial charge in [0.2, 0.25) is 69.1 Å². The molecule has 10 amide bonds. The molecule has 0 bridgehead atoms. The van der Waals surface area contributed by atoms with Crippen molar-refractivity contribution in [1.29, 1.82) is 0 Å². The van der Waals surface area contributed by atoms with Crippen LogP contribution in [0.15, 0.2) is 128 Å². The second-order valence-electron chi connectivity index (χ2n) is 28.6. The number of hydrogen-bond acceptors (Lipinski definition) is 22. The third-order valence-corrected chi connectivity index (χ3v) is 21.6.